The summed E-state index contributed by atoms with van der Waals surface area (Å²) >= 11 is 0. The molecule has 0 unspecified atom stereocenters. The smallest absolute Gasteiger partial charge is 0.0726 e. The second-order valence-electron chi connectivity index (χ2n) is 16.4. The van der Waals surface area contributed by atoms with Crippen LogP contribution in [0.25, 0.3) is 71.6 Å². The molecule has 0 N–H and O–H groups in total. The highest BCUT2D eigenvalue weighted by Crippen LogP contribution is 2.63. The summed E-state index contributed by atoms with van der Waals surface area (Å²) in [5, 5.41) is 4.92. The average Bonchev–Trinajstić information content (AvgIpc) is 3.93. The zero-order valence-corrected chi connectivity index (χ0v) is 33.3. The van der Waals surface area contributed by atoms with Crippen molar-refractivity contribution in [1.82, 2.24) is 4.57 Å². The van der Waals surface area contributed by atoms with E-state index < -0.39 is 5.41 Å². The number of benzene rings is 10. The molecule has 0 saturated heterocycles. The minimum absolute atomic E-state index is 0.454. The van der Waals surface area contributed by atoms with Crippen LogP contribution in [0.15, 0.2) is 231 Å². The standard InChI is InChI=1S/C59H38N2/c1-2-17-39(18-3-1)43-22-9-14-30-55(43)60(42-34-36-50-49-26-10-15-31-57(49)61(58(50)38-42)56-32-16-20-40-19-4-5-21-44(40)56)41-33-35-48-47-25-8-13-29-53(47)59(54(48)37-41)51-27-11-6-23-45(51)46-24-7-12-28-52(46)59/h1-38H. The van der Waals surface area contributed by atoms with E-state index in [0.29, 0.717) is 0 Å². The number of hydrogen-bond acceptors (Lipinski definition) is 1. The van der Waals surface area contributed by atoms with E-state index in [-0.39, 0.29) is 0 Å². The third-order valence-electron chi connectivity index (χ3n) is 13.4. The van der Waals surface area contributed by atoms with Crippen molar-refractivity contribution in [3.05, 3.63) is 253 Å². The molecule has 61 heavy (non-hydrogen) atoms. The number of hydrogen-bond donors (Lipinski definition) is 0. The quantitative estimate of drug-likeness (QED) is 0.169. The fourth-order valence-corrected chi connectivity index (χ4v) is 10.9. The molecule has 0 atom stereocenters. The summed E-state index contributed by atoms with van der Waals surface area (Å²) in [5.41, 5.74) is 19.3. The van der Waals surface area contributed by atoms with Gasteiger partial charge in [-0.1, -0.05) is 188 Å². The van der Waals surface area contributed by atoms with Crippen LogP contribution in [0.3, 0.4) is 0 Å². The predicted molar refractivity (Wildman–Crippen MR) is 255 cm³/mol. The molecule has 0 aliphatic heterocycles. The van der Waals surface area contributed by atoms with Gasteiger partial charge in [-0.05, 0) is 97.9 Å². The van der Waals surface area contributed by atoms with Gasteiger partial charge >= 0.3 is 0 Å². The molecule has 284 valence electrons. The van der Waals surface area contributed by atoms with Crippen LogP contribution < -0.4 is 4.90 Å². The zero-order valence-electron chi connectivity index (χ0n) is 33.3. The first-order chi connectivity index (χ1) is 30.3. The van der Waals surface area contributed by atoms with Crippen molar-refractivity contribution in [2.24, 2.45) is 0 Å². The number of aromatic nitrogens is 1. The summed E-state index contributed by atoms with van der Waals surface area (Å²) in [6.07, 6.45) is 0. The highest BCUT2D eigenvalue weighted by Gasteiger charge is 2.51. The summed E-state index contributed by atoms with van der Waals surface area (Å²) in [4.78, 5) is 2.50. The van der Waals surface area contributed by atoms with Crippen molar-refractivity contribution in [2.45, 2.75) is 5.41 Å². The van der Waals surface area contributed by atoms with Crippen molar-refractivity contribution < 1.29 is 0 Å². The largest absolute Gasteiger partial charge is 0.310 e. The average molecular weight is 775 g/mol. The number of fused-ring (bicyclic) bond motifs is 14. The van der Waals surface area contributed by atoms with Crippen molar-refractivity contribution in [3.8, 4) is 39.1 Å². The lowest BCUT2D eigenvalue weighted by Crippen LogP contribution is -2.26. The molecule has 11 aromatic rings. The maximum absolute atomic E-state index is 2.50. The molecule has 0 bridgehead atoms. The molecule has 0 fully saturated rings. The van der Waals surface area contributed by atoms with Crippen molar-refractivity contribution >= 4 is 49.6 Å². The number of para-hydroxylation sites is 2. The van der Waals surface area contributed by atoms with E-state index in [0.717, 1.165) is 17.1 Å². The van der Waals surface area contributed by atoms with Gasteiger partial charge in [0.2, 0.25) is 0 Å². The third kappa shape index (κ3) is 4.73. The molecule has 2 nitrogen and oxygen atoms in total. The Morgan fingerprint density at radius 2 is 0.852 bits per heavy atom. The lowest BCUT2D eigenvalue weighted by Gasteiger charge is -2.32. The summed E-state index contributed by atoms with van der Waals surface area (Å²) in [6.45, 7) is 0. The molecule has 0 saturated carbocycles. The van der Waals surface area contributed by atoms with Crippen LogP contribution in [0.2, 0.25) is 0 Å². The summed E-state index contributed by atoms with van der Waals surface area (Å²) in [7, 11) is 0. The van der Waals surface area contributed by atoms with E-state index >= 15 is 0 Å². The fourth-order valence-electron chi connectivity index (χ4n) is 10.9. The van der Waals surface area contributed by atoms with Crippen LogP contribution in [0, 0.1) is 0 Å². The van der Waals surface area contributed by atoms with Gasteiger partial charge in [-0.2, -0.15) is 0 Å². The van der Waals surface area contributed by atoms with Crippen molar-refractivity contribution in [1.29, 1.82) is 0 Å². The predicted octanol–water partition coefficient (Wildman–Crippen LogP) is 15.4. The Balaban J connectivity index is 1.11. The maximum atomic E-state index is 2.50. The molecule has 1 aromatic heterocycles. The fraction of sp³-hybridized carbons (Fsp3) is 0.0169. The van der Waals surface area contributed by atoms with Crippen LogP contribution in [-0.2, 0) is 5.41 Å². The Kier molecular flexibility index (Phi) is 7.26. The number of nitrogens with zero attached hydrogens (tertiary/aromatic N) is 2. The van der Waals surface area contributed by atoms with Crippen LogP contribution in [0.5, 0.6) is 0 Å². The Morgan fingerprint density at radius 3 is 1.59 bits per heavy atom. The Morgan fingerprint density at radius 1 is 0.328 bits per heavy atom. The molecular weight excluding hydrogens is 737 g/mol. The van der Waals surface area contributed by atoms with Crippen molar-refractivity contribution in [2.75, 3.05) is 4.90 Å². The SMILES string of the molecule is c1ccc(-c2ccccc2N(c2ccc3c(c2)C2(c4ccccc4-c4ccccc42)c2ccccc2-3)c2ccc3c4ccccc4n(-c4cccc5ccccc45)c3c2)cc1. The van der Waals surface area contributed by atoms with Gasteiger partial charge in [0.25, 0.3) is 0 Å². The van der Waals surface area contributed by atoms with Gasteiger partial charge in [-0.25, -0.2) is 0 Å². The molecule has 0 amide bonds. The van der Waals surface area contributed by atoms with Gasteiger partial charge in [0.1, 0.15) is 0 Å². The minimum atomic E-state index is -0.454. The lowest BCUT2D eigenvalue weighted by atomic mass is 9.70. The summed E-state index contributed by atoms with van der Waals surface area (Å²) < 4.78 is 2.47. The molecule has 2 heteroatoms. The van der Waals surface area contributed by atoms with Crippen LogP contribution in [0.1, 0.15) is 22.3 Å². The highest BCUT2D eigenvalue weighted by molar-refractivity contribution is 6.12. The van der Waals surface area contributed by atoms with Crippen LogP contribution in [0.4, 0.5) is 17.1 Å². The van der Waals surface area contributed by atoms with E-state index in [1.165, 1.54) is 93.9 Å². The Labute approximate surface area is 354 Å². The van der Waals surface area contributed by atoms with Gasteiger partial charge in [0.15, 0.2) is 0 Å². The van der Waals surface area contributed by atoms with Gasteiger partial charge in [-0.3, -0.25) is 0 Å². The third-order valence-corrected chi connectivity index (χ3v) is 13.4. The maximum Gasteiger partial charge on any atom is 0.0726 e. The normalized spacial score (nSPS) is 13.0. The molecule has 2 aliphatic rings. The van der Waals surface area contributed by atoms with E-state index in [2.05, 4.69) is 240 Å². The van der Waals surface area contributed by atoms with Crippen LogP contribution in [-0.4, -0.2) is 4.57 Å². The first kappa shape index (κ1) is 34.0. The van der Waals surface area contributed by atoms with Gasteiger partial charge in [-0.15, -0.1) is 0 Å². The molecular formula is C59H38N2. The van der Waals surface area contributed by atoms with Gasteiger partial charge in [0.05, 0.1) is 27.8 Å². The van der Waals surface area contributed by atoms with E-state index in [1.807, 2.05) is 0 Å². The first-order valence-corrected chi connectivity index (χ1v) is 21.2. The molecule has 10 aromatic carbocycles. The topological polar surface area (TPSA) is 8.17 Å². The lowest BCUT2D eigenvalue weighted by molar-refractivity contribution is 0.793. The molecule has 1 heterocycles. The minimum Gasteiger partial charge on any atom is -0.310 e. The first-order valence-electron chi connectivity index (χ1n) is 21.2. The van der Waals surface area contributed by atoms with E-state index in [4.69, 9.17) is 0 Å². The number of anilines is 3. The van der Waals surface area contributed by atoms with Gasteiger partial charge < -0.3 is 9.47 Å². The second kappa shape index (κ2) is 13.0. The molecule has 13 rings (SSSR count). The molecule has 0 radical (unpaired) electrons. The van der Waals surface area contributed by atoms with Crippen LogP contribution >= 0.6 is 0 Å². The molecule has 2 aliphatic carbocycles. The summed E-state index contributed by atoms with van der Waals surface area (Å²) in [5.74, 6) is 0. The Hall–Kier alpha value is -7.94. The number of rotatable bonds is 5. The summed E-state index contributed by atoms with van der Waals surface area (Å²) in [6, 6.07) is 85.4. The molecule has 1 spiro atoms. The highest BCUT2D eigenvalue weighted by atomic mass is 15.1. The monoisotopic (exact) mass is 774 g/mol. The van der Waals surface area contributed by atoms with Crippen molar-refractivity contribution in [3.63, 3.8) is 0 Å². The second-order valence-corrected chi connectivity index (χ2v) is 16.4. The Bertz CT molecular complexity index is 3490. The van der Waals surface area contributed by atoms with E-state index in [1.54, 1.807) is 0 Å². The zero-order chi connectivity index (χ0) is 40.1. The van der Waals surface area contributed by atoms with Gasteiger partial charge in [0, 0.05) is 33.1 Å². The van der Waals surface area contributed by atoms with E-state index in [9.17, 15) is 0 Å².